The van der Waals surface area contributed by atoms with E-state index in [1.807, 2.05) is 13.8 Å². The molecule has 0 bridgehead atoms. The Morgan fingerprint density at radius 1 is 0.926 bits per heavy atom. The summed E-state index contributed by atoms with van der Waals surface area (Å²) in [6.45, 7) is 5.66. The predicted molar refractivity (Wildman–Crippen MR) is 95.3 cm³/mol. The van der Waals surface area contributed by atoms with Gasteiger partial charge >= 0.3 is 5.97 Å². The second-order valence-electron chi connectivity index (χ2n) is 6.80. The molecule has 8 N–H and O–H groups in total. The number of hydrogen-bond donors (Lipinski definition) is 7. The first-order valence-electron chi connectivity index (χ1n) is 8.58. The number of amides is 3. The highest BCUT2D eigenvalue weighted by Crippen LogP contribution is 2.06. The van der Waals surface area contributed by atoms with E-state index in [4.69, 9.17) is 10.8 Å². The molecule has 0 saturated heterocycles. The molecule has 0 aliphatic carbocycles. The molecule has 0 spiro atoms. The van der Waals surface area contributed by atoms with Crippen LogP contribution in [0, 0.1) is 5.92 Å². The van der Waals surface area contributed by atoms with Crippen LogP contribution in [-0.4, -0.2) is 75.9 Å². The molecule has 11 heteroatoms. The quantitative estimate of drug-likeness (QED) is 0.198. The lowest BCUT2D eigenvalue weighted by atomic mass is 10.0. The summed E-state index contributed by atoms with van der Waals surface area (Å²) in [5, 5.41) is 34.4. The van der Waals surface area contributed by atoms with Gasteiger partial charge in [0, 0.05) is 0 Å². The lowest BCUT2D eigenvalue weighted by Gasteiger charge is -2.23. The average molecular weight is 390 g/mol. The zero-order valence-corrected chi connectivity index (χ0v) is 15.9. The van der Waals surface area contributed by atoms with Gasteiger partial charge in [0.2, 0.25) is 17.7 Å². The van der Waals surface area contributed by atoms with Crippen molar-refractivity contribution in [2.45, 2.75) is 64.4 Å². The van der Waals surface area contributed by atoms with Crippen LogP contribution in [0.5, 0.6) is 0 Å². The van der Waals surface area contributed by atoms with Gasteiger partial charge in [0.1, 0.15) is 12.1 Å². The number of rotatable bonds is 11. The fourth-order valence-electron chi connectivity index (χ4n) is 2.09. The molecule has 0 aromatic heterocycles. The van der Waals surface area contributed by atoms with Crippen LogP contribution in [0.3, 0.4) is 0 Å². The summed E-state index contributed by atoms with van der Waals surface area (Å²) in [6.07, 6.45) is -2.17. The van der Waals surface area contributed by atoms with Gasteiger partial charge in [-0.25, -0.2) is 4.79 Å². The lowest BCUT2D eigenvalue weighted by Crippen LogP contribution is -2.56. The SMILES string of the molecule is CC(C)CC(NC(=O)C(N)C(C)O)C(=O)NCC(=O)NC(C(=O)O)C(C)O. The van der Waals surface area contributed by atoms with E-state index in [-0.39, 0.29) is 12.3 Å². The first kappa shape index (κ1) is 24.8. The first-order valence-corrected chi connectivity index (χ1v) is 8.58. The van der Waals surface area contributed by atoms with Gasteiger partial charge < -0.3 is 37.0 Å². The maximum absolute atomic E-state index is 12.3. The molecule has 27 heavy (non-hydrogen) atoms. The van der Waals surface area contributed by atoms with Crippen molar-refractivity contribution in [3.63, 3.8) is 0 Å². The van der Waals surface area contributed by atoms with Crippen molar-refractivity contribution in [3.05, 3.63) is 0 Å². The van der Waals surface area contributed by atoms with Gasteiger partial charge in [-0.15, -0.1) is 0 Å². The van der Waals surface area contributed by atoms with Crippen molar-refractivity contribution in [3.8, 4) is 0 Å². The molecule has 11 nitrogen and oxygen atoms in total. The highest BCUT2D eigenvalue weighted by Gasteiger charge is 2.28. The van der Waals surface area contributed by atoms with Gasteiger partial charge in [0.25, 0.3) is 0 Å². The van der Waals surface area contributed by atoms with Crippen molar-refractivity contribution >= 4 is 23.7 Å². The van der Waals surface area contributed by atoms with E-state index >= 15 is 0 Å². The third kappa shape index (κ3) is 9.31. The molecular weight excluding hydrogens is 360 g/mol. The second kappa shape index (κ2) is 11.5. The number of nitrogens with two attached hydrogens (primary N) is 1. The standard InChI is InChI=1S/C16H30N4O7/c1-7(2)5-10(19-15(25)12(17)8(3)21)14(24)18-6-11(23)20-13(9(4)22)16(26)27/h7-10,12-13,21-22H,5-6,17H2,1-4H3,(H,18,24)(H,19,25)(H,20,23)(H,26,27). The van der Waals surface area contributed by atoms with Gasteiger partial charge in [-0.1, -0.05) is 13.8 Å². The van der Waals surface area contributed by atoms with E-state index in [1.54, 1.807) is 0 Å². The first-order chi connectivity index (χ1) is 12.4. The van der Waals surface area contributed by atoms with E-state index < -0.39 is 60.6 Å². The largest absolute Gasteiger partial charge is 0.480 e. The van der Waals surface area contributed by atoms with Crippen LogP contribution in [-0.2, 0) is 19.2 Å². The van der Waals surface area contributed by atoms with Gasteiger partial charge in [-0.2, -0.15) is 0 Å². The predicted octanol–water partition coefficient (Wildman–Crippen LogP) is -2.71. The zero-order valence-electron chi connectivity index (χ0n) is 15.9. The van der Waals surface area contributed by atoms with Crippen LogP contribution in [0.15, 0.2) is 0 Å². The van der Waals surface area contributed by atoms with Crippen molar-refractivity contribution in [1.82, 2.24) is 16.0 Å². The van der Waals surface area contributed by atoms with Gasteiger partial charge in [-0.05, 0) is 26.2 Å². The Kier molecular flexibility index (Phi) is 10.5. The maximum atomic E-state index is 12.3. The van der Waals surface area contributed by atoms with Gasteiger partial charge in [0.05, 0.1) is 18.8 Å². The fraction of sp³-hybridized carbons (Fsp3) is 0.750. The summed E-state index contributed by atoms with van der Waals surface area (Å²) >= 11 is 0. The van der Waals surface area contributed by atoms with Crippen LogP contribution in [0.25, 0.3) is 0 Å². The Labute approximate surface area is 157 Å². The highest BCUT2D eigenvalue weighted by molar-refractivity contribution is 5.92. The minimum Gasteiger partial charge on any atom is -0.480 e. The Bertz CT molecular complexity index is 537. The smallest absolute Gasteiger partial charge is 0.328 e. The second-order valence-corrected chi connectivity index (χ2v) is 6.80. The molecule has 0 aromatic rings. The van der Waals surface area contributed by atoms with Crippen molar-refractivity contribution in [2.75, 3.05) is 6.54 Å². The minimum atomic E-state index is -1.51. The summed E-state index contributed by atoms with van der Waals surface area (Å²) in [5.41, 5.74) is 5.54. The zero-order chi connectivity index (χ0) is 21.3. The van der Waals surface area contributed by atoms with E-state index in [0.29, 0.717) is 0 Å². The molecule has 5 unspecified atom stereocenters. The molecular formula is C16H30N4O7. The van der Waals surface area contributed by atoms with E-state index in [0.717, 1.165) is 0 Å². The fourth-order valence-corrected chi connectivity index (χ4v) is 2.09. The Morgan fingerprint density at radius 2 is 1.48 bits per heavy atom. The van der Waals surface area contributed by atoms with Gasteiger partial charge in [0.15, 0.2) is 6.04 Å². The summed E-state index contributed by atoms with van der Waals surface area (Å²) in [4.78, 5) is 47.0. The number of carbonyl (C=O) groups excluding carboxylic acids is 3. The lowest BCUT2D eigenvalue weighted by molar-refractivity contribution is -0.144. The monoisotopic (exact) mass is 390 g/mol. The van der Waals surface area contributed by atoms with Crippen LogP contribution in [0.4, 0.5) is 0 Å². The normalized spacial score (nSPS) is 16.6. The molecule has 0 radical (unpaired) electrons. The Balaban J connectivity index is 4.83. The van der Waals surface area contributed by atoms with E-state index in [9.17, 15) is 29.4 Å². The van der Waals surface area contributed by atoms with Crippen molar-refractivity contribution in [1.29, 1.82) is 0 Å². The van der Waals surface area contributed by atoms with Crippen LogP contribution >= 0.6 is 0 Å². The number of aliphatic hydroxyl groups excluding tert-OH is 2. The molecule has 0 heterocycles. The number of carboxylic acids is 1. The molecule has 0 rings (SSSR count). The van der Waals surface area contributed by atoms with Crippen molar-refractivity contribution in [2.24, 2.45) is 11.7 Å². The van der Waals surface area contributed by atoms with Gasteiger partial charge in [-0.3, -0.25) is 14.4 Å². The summed E-state index contributed by atoms with van der Waals surface area (Å²) in [5.74, 6) is -3.57. The summed E-state index contributed by atoms with van der Waals surface area (Å²) in [7, 11) is 0. The number of aliphatic hydroxyl groups is 2. The maximum Gasteiger partial charge on any atom is 0.328 e. The molecule has 0 saturated carbocycles. The number of carboxylic acid groups (broad SMARTS) is 1. The third-order valence-electron chi connectivity index (χ3n) is 3.65. The average Bonchev–Trinajstić information content (AvgIpc) is 2.54. The molecule has 5 atom stereocenters. The topological polar surface area (TPSA) is 191 Å². The molecule has 0 fully saturated rings. The number of carbonyl (C=O) groups is 4. The van der Waals surface area contributed by atoms with Crippen LogP contribution in [0.2, 0.25) is 0 Å². The highest BCUT2D eigenvalue weighted by atomic mass is 16.4. The number of nitrogens with one attached hydrogen (secondary N) is 3. The Hall–Kier alpha value is -2.24. The molecule has 156 valence electrons. The number of aliphatic carboxylic acids is 1. The van der Waals surface area contributed by atoms with E-state index in [2.05, 4.69) is 16.0 Å². The van der Waals surface area contributed by atoms with Crippen molar-refractivity contribution < 1.29 is 34.5 Å². The molecule has 0 aromatic carbocycles. The molecule has 0 aliphatic heterocycles. The summed E-state index contributed by atoms with van der Waals surface area (Å²) < 4.78 is 0. The molecule has 3 amide bonds. The summed E-state index contributed by atoms with van der Waals surface area (Å²) in [6, 6.07) is -3.70. The number of hydrogen-bond acceptors (Lipinski definition) is 7. The van der Waals surface area contributed by atoms with Crippen LogP contribution < -0.4 is 21.7 Å². The third-order valence-corrected chi connectivity index (χ3v) is 3.65. The minimum absolute atomic E-state index is 0.0317. The molecule has 0 aliphatic rings. The Morgan fingerprint density at radius 3 is 1.89 bits per heavy atom. The van der Waals surface area contributed by atoms with Crippen LogP contribution in [0.1, 0.15) is 34.1 Å². The van der Waals surface area contributed by atoms with E-state index in [1.165, 1.54) is 13.8 Å².